The van der Waals surface area contributed by atoms with Crippen molar-refractivity contribution in [2.24, 2.45) is 0 Å². The lowest BCUT2D eigenvalue weighted by Gasteiger charge is -2.24. The van der Waals surface area contributed by atoms with Crippen LogP contribution in [0.25, 0.3) is 0 Å². The maximum absolute atomic E-state index is 9.91. The van der Waals surface area contributed by atoms with Gasteiger partial charge in [0.15, 0.2) is 0 Å². The first kappa shape index (κ1) is 11.5. The van der Waals surface area contributed by atoms with E-state index in [1.54, 1.807) is 6.20 Å². The van der Waals surface area contributed by atoms with E-state index in [0.717, 1.165) is 31.6 Å². The quantitative estimate of drug-likeness (QED) is 0.691. The van der Waals surface area contributed by atoms with Crippen LogP contribution in [0.1, 0.15) is 24.6 Å². The summed E-state index contributed by atoms with van der Waals surface area (Å²) in [7, 11) is 0. The third kappa shape index (κ3) is 3.27. The molecule has 1 aliphatic heterocycles. The monoisotopic (exact) mass is 221 g/mol. The molecule has 4 nitrogen and oxygen atoms in total. The van der Waals surface area contributed by atoms with Gasteiger partial charge in [0, 0.05) is 18.8 Å². The van der Waals surface area contributed by atoms with Crippen molar-refractivity contribution in [3.05, 3.63) is 30.1 Å². The largest absolute Gasteiger partial charge is 0.385 e. The zero-order chi connectivity index (χ0) is 11.2. The standard InChI is InChI=1S/C12H19N3O/c16-12(11-3-1-2-6-14-11)9-15-10-4-7-13-8-5-10/h1-3,6,10,12-13,15-16H,4-5,7-9H2. The van der Waals surface area contributed by atoms with E-state index in [4.69, 9.17) is 0 Å². The molecular formula is C12H19N3O. The first-order valence-electron chi connectivity index (χ1n) is 5.89. The topological polar surface area (TPSA) is 57.2 Å². The Bertz CT molecular complexity index is 298. The van der Waals surface area contributed by atoms with Gasteiger partial charge < -0.3 is 15.7 Å². The first-order chi connectivity index (χ1) is 7.86. The van der Waals surface area contributed by atoms with Gasteiger partial charge in [-0.3, -0.25) is 4.98 Å². The minimum Gasteiger partial charge on any atom is -0.385 e. The van der Waals surface area contributed by atoms with Gasteiger partial charge in [0.25, 0.3) is 0 Å². The van der Waals surface area contributed by atoms with E-state index in [9.17, 15) is 5.11 Å². The molecule has 0 spiro atoms. The van der Waals surface area contributed by atoms with Gasteiger partial charge in [-0.25, -0.2) is 0 Å². The molecule has 1 fully saturated rings. The number of hydrogen-bond acceptors (Lipinski definition) is 4. The number of aliphatic hydroxyl groups is 1. The Morgan fingerprint density at radius 2 is 2.25 bits per heavy atom. The summed E-state index contributed by atoms with van der Waals surface area (Å²) >= 11 is 0. The lowest BCUT2D eigenvalue weighted by atomic mass is 10.1. The molecule has 88 valence electrons. The Labute approximate surface area is 96.1 Å². The maximum atomic E-state index is 9.91. The van der Waals surface area contributed by atoms with Crippen molar-refractivity contribution in [2.45, 2.75) is 25.0 Å². The number of piperidine rings is 1. The van der Waals surface area contributed by atoms with Gasteiger partial charge in [0.2, 0.25) is 0 Å². The van der Waals surface area contributed by atoms with E-state index < -0.39 is 6.10 Å². The molecule has 0 aliphatic carbocycles. The number of nitrogens with one attached hydrogen (secondary N) is 2. The van der Waals surface area contributed by atoms with E-state index >= 15 is 0 Å². The molecule has 4 heteroatoms. The zero-order valence-electron chi connectivity index (χ0n) is 9.39. The molecule has 1 saturated heterocycles. The summed E-state index contributed by atoms with van der Waals surface area (Å²) in [5.74, 6) is 0. The SMILES string of the molecule is OC(CNC1CCNCC1)c1ccccn1. The summed E-state index contributed by atoms with van der Waals surface area (Å²) in [4.78, 5) is 4.14. The number of hydrogen-bond donors (Lipinski definition) is 3. The predicted molar refractivity (Wildman–Crippen MR) is 63.1 cm³/mol. The summed E-state index contributed by atoms with van der Waals surface area (Å²) in [5.41, 5.74) is 0.740. The summed E-state index contributed by atoms with van der Waals surface area (Å²) < 4.78 is 0. The van der Waals surface area contributed by atoms with Gasteiger partial charge in [-0.15, -0.1) is 0 Å². The molecular weight excluding hydrogens is 202 g/mol. The second-order valence-corrected chi connectivity index (χ2v) is 4.20. The summed E-state index contributed by atoms with van der Waals surface area (Å²) in [6.07, 6.45) is 3.48. The number of aliphatic hydroxyl groups excluding tert-OH is 1. The Kier molecular flexibility index (Phi) is 4.27. The molecule has 1 atom stereocenters. The van der Waals surface area contributed by atoms with Crippen LogP contribution >= 0.6 is 0 Å². The Morgan fingerprint density at radius 3 is 2.94 bits per heavy atom. The maximum Gasteiger partial charge on any atom is 0.108 e. The minimum absolute atomic E-state index is 0.504. The van der Waals surface area contributed by atoms with Gasteiger partial charge in [-0.2, -0.15) is 0 Å². The molecule has 16 heavy (non-hydrogen) atoms. The lowest BCUT2D eigenvalue weighted by Crippen LogP contribution is -2.41. The zero-order valence-corrected chi connectivity index (χ0v) is 9.39. The molecule has 0 aromatic carbocycles. The highest BCUT2D eigenvalue weighted by atomic mass is 16.3. The smallest absolute Gasteiger partial charge is 0.108 e. The number of nitrogens with zero attached hydrogens (tertiary/aromatic N) is 1. The number of rotatable bonds is 4. The molecule has 0 radical (unpaired) electrons. The van der Waals surface area contributed by atoms with Gasteiger partial charge in [-0.05, 0) is 38.1 Å². The second-order valence-electron chi connectivity index (χ2n) is 4.20. The van der Waals surface area contributed by atoms with E-state index in [1.807, 2.05) is 18.2 Å². The fourth-order valence-electron chi connectivity index (χ4n) is 1.98. The van der Waals surface area contributed by atoms with Crippen molar-refractivity contribution in [1.29, 1.82) is 0 Å². The van der Waals surface area contributed by atoms with Crippen LogP contribution in [-0.2, 0) is 0 Å². The van der Waals surface area contributed by atoms with Crippen LogP contribution in [0.3, 0.4) is 0 Å². The first-order valence-corrected chi connectivity index (χ1v) is 5.89. The Hall–Kier alpha value is -0.970. The van der Waals surface area contributed by atoms with E-state index in [-0.39, 0.29) is 0 Å². The van der Waals surface area contributed by atoms with E-state index in [0.29, 0.717) is 12.6 Å². The minimum atomic E-state index is -0.504. The molecule has 2 heterocycles. The third-order valence-corrected chi connectivity index (χ3v) is 2.97. The van der Waals surface area contributed by atoms with Crippen molar-refractivity contribution in [3.63, 3.8) is 0 Å². The molecule has 1 aliphatic rings. The van der Waals surface area contributed by atoms with Crippen LogP contribution in [0.4, 0.5) is 0 Å². The van der Waals surface area contributed by atoms with Crippen molar-refractivity contribution in [3.8, 4) is 0 Å². The normalized spacial score (nSPS) is 19.6. The van der Waals surface area contributed by atoms with Crippen LogP contribution in [0.5, 0.6) is 0 Å². The van der Waals surface area contributed by atoms with Crippen molar-refractivity contribution >= 4 is 0 Å². The van der Waals surface area contributed by atoms with Crippen LogP contribution in [0, 0.1) is 0 Å². The Morgan fingerprint density at radius 1 is 1.44 bits per heavy atom. The molecule has 1 aromatic heterocycles. The summed E-state index contributed by atoms with van der Waals surface area (Å²) in [5, 5.41) is 16.6. The molecule has 0 saturated carbocycles. The average molecular weight is 221 g/mol. The van der Waals surface area contributed by atoms with Crippen LogP contribution in [0.15, 0.2) is 24.4 Å². The fraction of sp³-hybridized carbons (Fsp3) is 0.583. The highest BCUT2D eigenvalue weighted by Gasteiger charge is 2.14. The molecule has 0 bridgehead atoms. The van der Waals surface area contributed by atoms with Crippen LogP contribution in [0.2, 0.25) is 0 Å². The van der Waals surface area contributed by atoms with Gasteiger partial charge in [0.05, 0.1) is 5.69 Å². The van der Waals surface area contributed by atoms with Crippen molar-refractivity contribution < 1.29 is 5.11 Å². The van der Waals surface area contributed by atoms with Gasteiger partial charge >= 0.3 is 0 Å². The van der Waals surface area contributed by atoms with Crippen LogP contribution in [-0.4, -0.2) is 35.8 Å². The number of aromatic nitrogens is 1. The predicted octanol–water partition coefficient (Wildman–Crippen LogP) is 0.457. The molecule has 1 unspecified atom stereocenters. The fourth-order valence-corrected chi connectivity index (χ4v) is 1.98. The second kappa shape index (κ2) is 5.94. The summed E-state index contributed by atoms with van der Waals surface area (Å²) in [6, 6.07) is 6.14. The van der Waals surface area contributed by atoms with Crippen molar-refractivity contribution in [2.75, 3.05) is 19.6 Å². The highest BCUT2D eigenvalue weighted by molar-refractivity contribution is 5.06. The van der Waals surface area contributed by atoms with E-state index in [1.165, 1.54) is 0 Å². The van der Waals surface area contributed by atoms with E-state index in [2.05, 4.69) is 15.6 Å². The number of pyridine rings is 1. The van der Waals surface area contributed by atoms with Gasteiger partial charge in [-0.1, -0.05) is 6.07 Å². The van der Waals surface area contributed by atoms with Crippen LogP contribution < -0.4 is 10.6 Å². The molecule has 3 N–H and O–H groups in total. The third-order valence-electron chi connectivity index (χ3n) is 2.97. The molecule has 1 aromatic rings. The van der Waals surface area contributed by atoms with Gasteiger partial charge in [0.1, 0.15) is 6.10 Å². The van der Waals surface area contributed by atoms with Crippen molar-refractivity contribution in [1.82, 2.24) is 15.6 Å². The molecule has 2 rings (SSSR count). The average Bonchev–Trinajstić information content (AvgIpc) is 2.38. The summed E-state index contributed by atoms with van der Waals surface area (Å²) in [6.45, 7) is 2.72. The molecule has 0 amide bonds. The highest BCUT2D eigenvalue weighted by Crippen LogP contribution is 2.09. The lowest BCUT2D eigenvalue weighted by molar-refractivity contribution is 0.162. The Balaban J connectivity index is 1.77.